The molecule has 0 aromatic carbocycles. The largest absolute Gasteiger partial charge is 0.464 e. The van der Waals surface area contributed by atoms with Crippen LogP contribution in [0.2, 0.25) is 0 Å². The molecule has 3 aromatic heterocycles. The maximum atomic E-state index is 12.5. The van der Waals surface area contributed by atoms with E-state index in [9.17, 15) is 4.79 Å². The molecule has 0 unspecified atom stereocenters. The van der Waals surface area contributed by atoms with Crippen LogP contribution in [-0.2, 0) is 13.1 Å². The SMILES string of the molecule is CCN(CC)Cc1cc(C(=O)NCc2cc(-c3ccccn3)no2)c(C)o1. The van der Waals surface area contributed by atoms with Crippen molar-refractivity contribution in [2.45, 2.75) is 33.9 Å². The summed E-state index contributed by atoms with van der Waals surface area (Å²) in [4.78, 5) is 19.0. The monoisotopic (exact) mass is 368 g/mol. The third-order valence-electron chi connectivity index (χ3n) is 4.40. The highest BCUT2D eigenvalue weighted by molar-refractivity contribution is 5.95. The molecular formula is C20H24N4O3. The molecule has 1 amide bonds. The van der Waals surface area contributed by atoms with Gasteiger partial charge in [-0.2, -0.15) is 0 Å². The molecule has 3 rings (SSSR count). The van der Waals surface area contributed by atoms with Gasteiger partial charge in [-0.05, 0) is 38.2 Å². The molecule has 0 saturated carbocycles. The number of nitrogens with one attached hydrogen (secondary N) is 1. The van der Waals surface area contributed by atoms with Crippen LogP contribution >= 0.6 is 0 Å². The first-order chi connectivity index (χ1) is 13.1. The van der Waals surface area contributed by atoms with Gasteiger partial charge in [-0.3, -0.25) is 14.7 Å². The van der Waals surface area contributed by atoms with E-state index < -0.39 is 0 Å². The molecular weight excluding hydrogens is 344 g/mol. The van der Waals surface area contributed by atoms with Gasteiger partial charge in [0.1, 0.15) is 17.2 Å². The first-order valence-corrected chi connectivity index (χ1v) is 9.07. The standard InChI is InChI=1S/C20H24N4O3/c1-4-24(5-2)13-16-10-17(14(3)26-16)20(25)22-12-15-11-19(23-27-15)18-8-6-7-9-21-18/h6-11H,4-5,12-13H2,1-3H3,(H,22,25). The first-order valence-electron chi connectivity index (χ1n) is 9.07. The van der Waals surface area contributed by atoms with Crippen molar-refractivity contribution in [2.75, 3.05) is 13.1 Å². The van der Waals surface area contributed by atoms with Gasteiger partial charge >= 0.3 is 0 Å². The van der Waals surface area contributed by atoms with Crippen molar-refractivity contribution in [1.82, 2.24) is 20.4 Å². The van der Waals surface area contributed by atoms with Crippen molar-refractivity contribution in [2.24, 2.45) is 0 Å². The van der Waals surface area contributed by atoms with E-state index in [0.29, 0.717) is 29.3 Å². The molecule has 0 aliphatic carbocycles. The number of hydrogen-bond donors (Lipinski definition) is 1. The minimum atomic E-state index is -0.196. The van der Waals surface area contributed by atoms with Gasteiger partial charge in [0, 0.05) is 12.3 Å². The van der Waals surface area contributed by atoms with Gasteiger partial charge in [0.25, 0.3) is 5.91 Å². The molecule has 1 N–H and O–H groups in total. The molecule has 3 aromatic rings. The number of carbonyl (C=O) groups excluding carboxylic acids is 1. The zero-order chi connectivity index (χ0) is 19.2. The van der Waals surface area contributed by atoms with Gasteiger partial charge in [-0.1, -0.05) is 25.1 Å². The summed E-state index contributed by atoms with van der Waals surface area (Å²) in [6.45, 7) is 8.80. The highest BCUT2D eigenvalue weighted by Gasteiger charge is 2.17. The summed E-state index contributed by atoms with van der Waals surface area (Å²) < 4.78 is 11.0. The molecule has 0 spiro atoms. The Kier molecular flexibility index (Phi) is 6.03. The van der Waals surface area contributed by atoms with Crippen LogP contribution in [0, 0.1) is 6.92 Å². The third-order valence-corrected chi connectivity index (χ3v) is 4.40. The van der Waals surface area contributed by atoms with Gasteiger partial charge in [-0.15, -0.1) is 0 Å². The van der Waals surface area contributed by atoms with Crippen LogP contribution in [0.3, 0.4) is 0 Å². The average molecular weight is 368 g/mol. The topological polar surface area (TPSA) is 84.4 Å². The van der Waals surface area contributed by atoms with E-state index in [4.69, 9.17) is 8.94 Å². The van der Waals surface area contributed by atoms with Crippen molar-refractivity contribution in [3.63, 3.8) is 0 Å². The Morgan fingerprint density at radius 2 is 1.96 bits per heavy atom. The number of furan rings is 1. The summed E-state index contributed by atoms with van der Waals surface area (Å²) in [5.74, 6) is 1.77. The van der Waals surface area contributed by atoms with Gasteiger partial charge < -0.3 is 14.3 Å². The Hall–Kier alpha value is -2.93. The summed E-state index contributed by atoms with van der Waals surface area (Å²) in [5.41, 5.74) is 1.91. The van der Waals surface area contributed by atoms with Crippen LogP contribution < -0.4 is 5.32 Å². The fourth-order valence-corrected chi connectivity index (χ4v) is 2.81. The molecule has 0 atom stereocenters. The van der Waals surface area contributed by atoms with Crippen molar-refractivity contribution in [3.8, 4) is 11.4 Å². The van der Waals surface area contributed by atoms with Crippen LogP contribution in [0.5, 0.6) is 0 Å². The Morgan fingerprint density at radius 3 is 2.67 bits per heavy atom. The van der Waals surface area contributed by atoms with Gasteiger partial charge in [0.05, 0.1) is 24.3 Å². The maximum absolute atomic E-state index is 12.5. The lowest BCUT2D eigenvalue weighted by atomic mass is 10.2. The molecule has 0 fully saturated rings. The summed E-state index contributed by atoms with van der Waals surface area (Å²) in [7, 11) is 0. The Balaban J connectivity index is 1.61. The van der Waals surface area contributed by atoms with E-state index >= 15 is 0 Å². The van der Waals surface area contributed by atoms with E-state index in [0.717, 1.165) is 24.5 Å². The van der Waals surface area contributed by atoms with Gasteiger partial charge in [0.15, 0.2) is 5.76 Å². The van der Waals surface area contributed by atoms with Crippen molar-refractivity contribution >= 4 is 5.91 Å². The van der Waals surface area contributed by atoms with Crippen molar-refractivity contribution < 1.29 is 13.7 Å². The lowest BCUT2D eigenvalue weighted by molar-refractivity contribution is 0.0945. The van der Waals surface area contributed by atoms with Crippen molar-refractivity contribution in [1.29, 1.82) is 0 Å². The molecule has 27 heavy (non-hydrogen) atoms. The van der Waals surface area contributed by atoms with E-state index in [2.05, 4.69) is 34.2 Å². The Labute approximate surface area is 158 Å². The Morgan fingerprint density at radius 1 is 1.15 bits per heavy atom. The highest BCUT2D eigenvalue weighted by Crippen LogP contribution is 2.18. The number of hydrogen-bond acceptors (Lipinski definition) is 6. The quantitative estimate of drug-likeness (QED) is 0.656. The zero-order valence-corrected chi connectivity index (χ0v) is 15.9. The van der Waals surface area contributed by atoms with Crippen LogP contribution in [0.1, 0.15) is 41.5 Å². The maximum Gasteiger partial charge on any atom is 0.255 e. The van der Waals surface area contributed by atoms with E-state index in [1.807, 2.05) is 24.3 Å². The lowest BCUT2D eigenvalue weighted by Gasteiger charge is -2.15. The second-order valence-electron chi connectivity index (χ2n) is 6.22. The number of pyridine rings is 1. The molecule has 0 aliphatic heterocycles. The molecule has 7 nitrogen and oxygen atoms in total. The predicted octanol–water partition coefficient (Wildman–Crippen LogP) is 3.41. The second-order valence-corrected chi connectivity index (χ2v) is 6.22. The molecule has 7 heteroatoms. The number of amides is 1. The smallest absolute Gasteiger partial charge is 0.255 e. The second kappa shape index (κ2) is 8.64. The van der Waals surface area contributed by atoms with Crippen LogP contribution in [0.25, 0.3) is 11.4 Å². The lowest BCUT2D eigenvalue weighted by Crippen LogP contribution is -2.23. The van der Waals surface area contributed by atoms with Gasteiger partial charge in [0.2, 0.25) is 0 Å². The molecule has 0 radical (unpaired) electrons. The van der Waals surface area contributed by atoms with E-state index in [1.54, 1.807) is 19.2 Å². The highest BCUT2D eigenvalue weighted by atomic mass is 16.5. The van der Waals surface area contributed by atoms with E-state index in [1.165, 1.54) is 0 Å². The minimum absolute atomic E-state index is 0.196. The predicted molar refractivity (Wildman–Crippen MR) is 101 cm³/mol. The fourth-order valence-electron chi connectivity index (χ4n) is 2.81. The summed E-state index contributed by atoms with van der Waals surface area (Å²) in [5, 5.41) is 6.85. The van der Waals surface area contributed by atoms with Gasteiger partial charge in [-0.25, -0.2) is 0 Å². The zero-order valence-electron chi connectivity index (χ0n) is 15.9. The number of rotatable bonds is 8. The normalized spacial score (nSPS) is 11.1. The summed E-state index contributed by atoms with van der Waals surface area (Å²) >= 11 is 0. The van der Waals surface area contributed by atoms with Crippen LogP contribution in [0.15, 0.2) is 45.5 Å². The first kappa shape index (κ1) is 18.8. The Bertz CT molecular complexity index is 882. The number of carbonyl (C=O) groups is 1. The van der Waals surface area contributed by atoms with Crippen molar-refractivity contribution in [3.05, 3.63) is 59.4 Å². The molecule has 0 saturated heterocycles. The fraction of sp³-hybridized carbons (Fsp3) is 0.350. The number of nitrogens with zero attached hydrogens (tertiary/aromatic N) is 3. The molecule has 0 bridgehead atoms. The third kappa shape index (κ3) is 4.62. The minimum Gasteiger partial charge on any atom is -0.464 e. The molecule has 3 heterocycles. The summed E-state index contributed by atoms with van der Waals surface area (Å²) in [6, 6.07) is 9.16. The average Bonchev–Trinajstić information content (AvgIpc) is 3.31. The molecule has 0 aliphatic rings. The number of aryl methyl sites for hydroxylation is 1. The van der Waals surface area contributed by atoms with E-state index in [-0.39, 0.29) is 12.5 Å². The molecule has 142 valence electrons. The van der Waals surface area contributed by atoms with Crippen LogP contribution in [-0.4, -0.2) is 34.0 Å². The van der Waals surface area contributed by atoms with Crippen LogP contribution in [0.4, 0.5) is 0 Å². The summed E-state index contributed by atoms with van der Waals surface area (Å²) in [6.07, 6.45) is 1.70. The number of aromatic nitrogens is 2.